The Morgan fingerprint density at radius 2 is 1.85 bits per heavy atom. The van der Waals surface area contributed by atoms with Gasteiger partial charge in [0.05, 0.1) is 29.0 Å². The molecule has 5 rings (SSSR count). The molecular weight excluding hydrogens is 414 g/mol. The molecule has 4 aromatic rings. The van der Waals surface area contributed by atoms with Crippen LogP contribution in [0.3, 0.4) is 0 Å². The molecule has 1 fully saturated rings. The summed E-state index contributed by atoms with van der Waals surface area (Å²) in [6.45, 7) is 3.79. The van der Waals surface area contributed by atoms with Crippen molar-refractivity contribution in [1.82, 2.24) is 24.8 Å². The van der Waals surface area contributed by atoms with Crippen molar-refractivity contribution in [3.05, 3.63) is 72.4 Å². The van der Waals surface area contributed by atoms with Gasteiger partial charge < -0.3 is 15.5 Å². The lowest BCUT2D eigenvalue weighted by molar-refractivity contribution is 0.0992. The highest BCUT2D eigenvalue weighted by atomic mass is 16.1. The Balaban J connectivity index is 1.36. The van der Waals surface area contributed by atoms with Crippen LogP contribution in [0.15, 0.2) is 61.2 Å². The van der Waals surface area contributed by atoms with Gasteiger partial charge in [0.1, 0.15) is 5.82 Å². The van der Waals surface area contributed by atoms with Gasteiger partial charge in [-0.3, -0.25) is 14.8 Å². The first kappa shape index (κ1) is 21.0. The zero-order valence-electron chi connectivity index (χ0n) is 18.5. The average molecular weight is 440 g/mol. The van der Waals surface area contributed by atoms with Gasteiger partial charge in [0, 0.05) is 67.5 Å². The fourth-order valence-electron chi connectivity index (χ4n) is 3.98. The minimum Gasteiger partial charge on any atom is -0.397 e. The number of ketones is 1. The molecule has 0 bridgehead atoms. The first-order valence-electron chi connectivity index (χ1n) is 10.9. The second kappa shape index (κ2) is 8.91. The number of nitrogens with two attached hydrogens (primary N) is 1. The second-order valence-corrected chi connectivity index (χ2v) is 8.36. The second-order valence-electron chi connectivity index (χ2n) is 8.36. The molecule has 0 aliphatic carbocycles. The van der Waals surface area contributed by atoms with Crippen LogP contribution in [-0.2, 0) is 6.42 Å². The van der Waals surface area contributed by atoms with Crippen molar-refractivity contribution in [1.29, 1.82) is 0 Å². The van der Waals surface area contributed by atoms with Crippen LogP contribution in [0.4, 0.5) is 11.5 Å². The molecule has 33 heavy (non-hydrogen) atoms. The summed E-state index contributed by atoms with van der Waals surface area (Å²) in [6.07, 6.45) is 7.01. The number of piperazine rings is 1. The number of carbonyl (C=O) groups excluding carboxylic acids is 1. The van der Waals surface area contributed by atoms with E-state index in [2.05, 4.69) is 31.8 Å². The number of hydrogen-bond acceptors (Lipinski definition) is 8. The number of nitrogen functional groups attached to an aromatic ring is 1. The summed E-state index contributed by atoms with van der Waals surface area (Å²) in [7, 11) is 2.12. The summed E-state index contributed by atoms with van der Waals surface area (Å²) in [4.78, 5) is 35.4. The molecular formula is C25H25N7O. The summed E-state index contributed by atoms with van der Waals surface area (Å²) >= 11 is 0. The minimum atomic E-state index is 0.0100. The van der Waals surface area contributed by atoms with E-state index in [0.717, 1.165) is 54.2 Å². The molecule has 1 saturated heterocycles. The van der Waals surface area contributed by atoms with E-state index in [0.29, 0.717) is 16.9 Å². The molecule has 166 valence electrons. The third kappa shape index (κ3) is 4.65. The zero-order valence-corrected chi connectivity index (χ0v) is 18.5. The summed E-state index contributed by atoms with van der Waals surface area (Å²) < 4.78 is 0. The molecule has 1 aliphatic rings. The summed E-state index contributed by atoms with van der Waals surface area (Å²) in [6, 6.07) is 11.3. The van der Waals surface area contributed by atoms with Crippen molar-refractivity contribution in [3.8, 4) is 11.3 Å². The Bertz CT molecular complexity index is 1320. The Kier molecular flexibility index (Phi) is 5.66. The molecule has 0 radical (unpaired) electrons. The number of carbonyl (C=O) groups is 1. The molecule has 0 saturated carbocycles. The number of pyridine rings is 4. The van der Waals surface area contributed by atoms with Gasteiger partial charge in [-0.2, -0.15) is 0 Å². The van der Waals surface area contributed by atoms with E-state index in [1.54, 1.807) is 30.9 Å². The third-order valence-electron chi connectivity index (χ3n) is 5.92. The van der Waals surface area contributed by atoms with Crippen molar-refractivity contribution in [2.45, 2.75) is 6.42 Å². The Hall–Kier alpha value is -3.91. The van der Waals surface area contributed by atoms with E-state index in [4.69, 9.17) is 10.7 Å². The predicted molar refractivity (Wildman–Crippen MR) is 129 cm³/mol. The lowest BCUT2D eigenvalue weighted by atomic mass is 10.1. The maximum absolute atomic E-state index is 13.0. The first-order valence-corrected chi connectivity index (χ1v) is 10.9. The Morgan fingerprint density at radius 3 is 2.67 bits per heavy atom. The van der Waals surface area contributed by atoms with Crippen molar-refractivity contribution in [3.63, 3.8) is 0 Å². The van der Waals surface area contributed by atoms with Gasteiger partial charge >= 0.3 is 0 Å². The van der Waals surface area contributed by atoms with Gasteiger partial charge in [-0.05, 0) is 43.4 Å². The summed E-state index contributed by atoms with van der Waals surface area (Å²) in [5, 5.41) is 0.910. The van der Waals surface area contributed by atoms with Crippen LogP contribution in [0.1, 0.15) is 16.1 Å². The number of likely N-dealkylation sites (N-methyl/N-ethyl adjacent to an activating group) is 1. The SMILES string of the molecule is CN1CCN(c2cc(C(=O)Cc3cc4nc(-c5cncc(N)c5)ccc4cn3)ccn2)CC1. The maximum Gasteiger partial charge on any atom is 0.169 e. The Labute approximate surface area is 192 Å². The monoisotopic (exact) mass is 439 g/mol. The van der Waals surface area contributed by atoms with E-state index >= 15 is 0 Å². The number of rotatable bonds is 5. The molecule has 2 N–H and O–H groups in total. The van der Waals surface area contributed by atoms with Crippen molar-refractivity contribution in [2.75, 3.05) is 43.9 Å². The normalized spacial score (nSPS) is 14.5. The zero-order chi connectivity index (χ0) is 22.8. The highest BCUT2D eigenvalue weighted by Gasteiger charge is 2.17. The standard InChI is InChI=1S/C25H25N7O/c1-31-6-8-32(9-7-31)25-11-17(4-5-28-25)24(33)13-21-12-23-18(15-29-21)2-3-22(30-23)19-10-20(26)16-27-14-19/h2-5,10-12,14-16H,6-9,13,26H2,1H3. The van der Waals surface area contributed by atoms with Gasteiger partial charge in [-0.1, -0.05) is 0 Å². The number of nitrogens with zero attached hydrogens (tertiary/aromatic N) is 6. The van der Waals surface area contributed by atoms with Crippen LogP contribution in [0.25, 0.3) is 22.2 Å². The average Bonchev–Trinajstić information content (AvgIpc) is 2.84. The van der Waals surface area contributed by atoms with Crippen LogP contribution in [-0.4, -0.2) is 63.8 Å². The molecule has 8 nitrogen and oxygen atoms in total. The first-order chi connectivity index (χ1) is 16.0. The molecule has 0 spiro atoms. The Morgan fingerprint density at radius 1 is 1.00 bits per heavy atom. The van der Waals surface area contributed by atoms with Crippen LogP contribution < -0.4 is 10.6 Å². The number of aromatic nitrogens is 4. The van der Waals surface area contributed by atoms with Gasteiger partial charge in [0.2, 0.25) is 0 Å². The van der Waals surface area contributed by atoms with Gasteiger partial charge in [-0.25, -0.2) is 9.97 Å². The minimum absolute atomic E-state index is 0.0100. The van der Waals surface area contributed by atoms with E-state index in [1.165, 1.54) is 0 Å². The topological polar surface area (TPSA) is 101 Å². The number of Topliss-reactive ketones (excluding diaryl/α,β-unsaturated/α-hetero) is 1. The smallest absolute Gasteiger partial charge is 0.169 e. The maximum atomic E-state index is 13.0. The lowest BCUT2D eigenvalue weighted by Gasteiger charge is -2.33. The molecule has 0 atom stereocenters. The predicted octanol–water partition coefficient (Wildman–Crippen LogP) is 2.85. The molecule has 1 aliphatic heterocycles. The summed E-state index contributed by atoms with van der Waals surface area (Å²) in [5.41, 5.74) is 10.2. The molecule has 4 aromatic heterocycles. The summed E-state index contributed by atoms with van der Waals surface area (Å²) in [5.74, 6) is 0.860. The van der Waals surface area contributed by atoms with E-state index in [9.17, 15) is 4.79 Å². The van der Waals surface area contributed by atoms with Crippen LogP contribution in [0, 0.1) is 0 Å². The van der Waals surface area contributed by atoms with Gasteiger partial charge in [-0.15, -0.1) is 0 Å². The largest absolute Gasteiger partial charge is 0.397 e. The van der Waals surface area contributed by atoms with Crippen LogP contribution in [0.5, 0.6) is 0 Å². The quantitative estimate of drug-likeness (QED) is 0.474. The van der Waals surface area contributed by atoms with Crippen molar-refractivity contribution in [2.24, 2.45) is 0 Å². The van der Waals surface area contributed by atoms with Crippen LogP contribution >= 0.6 is 0 Å². The molecule has 0 unspecified atom stereocenters. The fourth-order valence-corrected chi connectivity index (χ4v) is 3.98. The van der Waals surface area contributed by atoms with Crippen molar-refractivity contribution < 1.29 is 4.79 Å². The highest BCUT2D eigenvalue weighted by molar-refractivity contribution is 5.98. The van der Waals surface area contributed by atoms with Gasteiger partial charge in [0.25, 0.3) is 0 Å². The number of hydrogen-bond donors (Lipinski definition) is 1. The van der Waals surface area contributed by atoms with E-state index < -0.39 is 0 Å². The van der Waals surface area contributed by atoms with Gasteiger partial charge in [0.15, 0.2) is 5.78 Å². The van der Waals surface area contributed by atoms with E-state index in [-0.39, 0.29) is 12.2 Å². The van der Waals surface area contributed by atoms with Crippen molar-refractivity contribution >= 4 is 28.2 Å². The lowest BCUT2D eigenvalue weighted by Crippen LogP contribution is -2.44. The third-order valence-corrected chi connectivity index (χ3v) is 5.92. The number of fused-ring (bicyclic) bond motifs is 1. The van der Waals surface area contributed by atoms with Crippen LogP contribution in [0.2, 0.25) is 0 Å². The molecule has 0 amide bonds. The van der Waals surface area contributed by atoms with E-state index in [1.807, 2.05) is 30.3 Å². The molecule has 5 heterocycles. The highest BCUT2D eigenvalue weighted by Crippen LogP contribution is 2.22. The molecule has 8 heteroatoms. The number of anilines is 2. The molecule has 0 aromatic carbocycles. The fraction of sp³-hybridized carbons (Fsp3) is 0.240.